The zero-order valence-corrected chi connectivity index (χ0v) is 10.1. The number of anilines is 1. The van der Waals surface area contributed by atoms with Crippen LogP contribution < -0.4 is 5.32 Å². The largest absolute Gasteiger partial charge is 0.318 e. The van der Waals surface area contributed by atoms with Crippen molar-refractivity contribution < 1.29 is 4.79 Å². The lowest BCUT2D eigenvalue weighted by Crippen LogP contribution is -2.12. The van der Waals surface area contributed by atoms with E-state index in [4.69, 9.17) is 0 Å². The minimum absolute atomic E-state index is 0.194. The number of nitrogens with zero attached hydrogens (tertiary/aromatic N) is 3. The highest BCUT2D eigenvalue weighted by Gasteiger charge is 2.12. The zero-order valence-electron chi connectivity index (χ0n) is 9.31. The molecule has 0 fully saturated rings. The number of carbonyl (C=O) groups excluding carboxylic acids is 1. The Morgan fingerprint density at radius 2 is 2.25 bits per heavy atom. The van der Waals surface area contributed by atoms with Gasteiger partial charge in [-0.15, -0.1) is 0 Å². The normalized spacial score (nSPS) is 10.4. The van der Waals surface area contributed by atoms with Crippen molar-refractivity contribution in [3.8, 4) is 0 Å². The third kappa shape index (κ3) is 2.11. The second-order valence-electron chi connectivity index (χ2n) is 3.58. The molecule has 16 heavy (non-hydrogen) atoms. The van der Waals surface area contributed by atoms with Gasteiger partial charge < -0.3 is 5.32 Å². The minimum atomic E-state index is -0.194. The van der Waals surface area contributed by atoms with Crippen molar-refractivity contribution in [2.45, 2.75) is 13.8 Å². The third-order valence-corrected chi connectivity index (χ3v) is 2.82. The molecule has 0 bridgehead atoms. The summed E-state index contributed by atoms with van der Waals surface area (Å²) in [5, 5.41) is 6.93. The molecule has 0 spiro atoms. The zero-order chi connectivity index (χ0) is 11.7. The van der Waals surface area contributed by atoms with Crippen LogP contribution in [0.15, 0.2) is 12.3 Å². The van der Waals surface area contributed by atoms with Crippen LogP contribution >= 0.6 is 11.5 Å². The number of hydrogen-bond acceptors (Lipinski definition) is 4. The van der Waals surface area contributed by atoms with Crippen LogP contribution in [0.3, 0.4) is 0 Å². The van der Waals surface area contributed by atoms with Crippen molar-refractivity contribution in [1.82, 2.24) is 14.2 Å². The van der Waals surface area contributed by atoms with Crippen LogP contribution in [0.4, 0.5) is 5.69 Å². The topological polar surface area (TPSA) is 59.8 Å². The number of hydrogen-bond donors (Lipinski definition) is 1. The highest BCUT2D eigenvalue weighted by atomic mass is 32.1. The van der Waals surface area contributed by atoms with Crippen LogP contribution in [0.1, 0.15) is 21.1 Å². The first kappa shape index (κ1) is 10.8. The van der Waals surface area contributed by atoms with Gasteiger partial charge in [0.2, 0.25) is 0 Å². The lowest BCUT2D eigenvalue weighted by Gasteiger charge is -1.99. The van der Waals surface area contributed by atoms with E-state index in [1.165, 1.54) is 11.5 Å². The molecule has 84 valence electrons. The average molecular weight is 236 g/mol. The Bertz CT molecular complexity index is 529. The summed E-state index contributed by atoms with van der Waals surface area (Å²) in [7, 11) is 1.82. The molecule has 6 heteroatoms. The summed E-state index contributed by atoms with van der Waals surface area (Å²) >= 11 is 1.32. The molecular formula is C10H12N4OS. The molecule has 5 nitrogen and oxygen atoms in total. The van der Waals surface area contributed by atoms with E-state index in [0.29, 0.717) is 5.69 Å². The first-order chi connectivity index (χ1) is 7.56. The second-order valence-corrected chi connectivity index (χ2v) is 4.59. The van der Waals surface area contributed by atoms with Gasteiger partial charge in [-0.05, 0) is 31.4 Å². The number of rotatable bonds is 2. The Balaban J connectivity index is 2.16. The van der Waals surface area contributed by atoms with Gasteiger partial charge in [-0.2, -0.15) is 9.47 Å². The summed E-state index contributed by atoms with van der Waals surface area (Å²) in [5.74, 6) is -0.194. The molecule has 1 N–H and O–H groups in total. The van der Waals surface area contributed by atoms with E-state index in [1.807, 2.05) is 20.9 Å². The Labute approximate surface area is 97.3 Å². The van der Waals surface area contributed by atoms with Crippen LogP contribution in [-0.2, 0) is 7.05 Å². The van der Waals surface area contributed by atoms with E-state index in [-0.39, 0.29) is 5.91 Å². The van der Waals surface area contributed by atoms with Crippen molar-refractivity contribution in [2.75, 3.05) is 5.32 Å². The van der Waals surface area contributed by atoms with Gasteiger partial charge >= 0.3 is 0 Å². The molecule has 0 saturated carbocycles. The van der Waals surface area contributed by atoms with Gasteiger partial charge in [0.15, 0.2) is 0 Å². The lowest BCUT2D eigenvalue weighted by atomic mass is 10.3. The van der Waals surface area contributed by atoms with Gasteiger partial charge in [0.05, 0.1) is 11.4 Å². The van der Waals surface area contributed by atoms with Crippen LogP contribution in [0, 0.1) is 13.8 Å². The Kier molecular flexibility index (Phi) is 2.74. The lowest BCUT2D eigenvalue weighted by molar-refractivity contribution is 0.102. The van der Waals surface area contributed by atoms with Crippen molar-refractivity contribution in [3.63, 3.8) is 0 Å². The standard InChI is InChI=1S/C10H12N4OS/c1-6-4-8(13-16-6)10(15)11-9-5-14(3)12-7(9)2/h4-5H,1-3H3,(H,11,15). The quantitative estimate of drug-likeness (QED) is 0.864. The van der Waals surface area contributed by atoms with E-state index in [9.17, 15) is 4.79 Å². The van der Waals surface area contributed by atoms with Gasteiger partial charge in [-0.25, -0.2) is 0 Å². The summed E-state index contributed by atoms with van der Waals surface area (Å²) in [6.07, 6.45) is 1.77. The molecule has 2 aromatic heterocycles. The Hall–Kier alpha value is -1.69. The summed E-state index contributed by atoms with van der Waals surface area (Å²) < 4.78 is 5.71. The monoisotopic (exact) mass is 236 g/mol. The molecule has 0 unspecified atom stereocenters. The van der Waals surface area contributed by atoms with E-state index in [1.54, 1.807) is 16.9 Å². The van der Waals surface area contributed by atoms with Crippen molar-refractivity contribution in [2.24, 2.45) is 7.05 Å². The van der Waals surface area contributed by atoms with Crippen LogP contribution in [0.2, 0.25) is 0 Å². The predicted molar refractivity (Wildman–Crippen MR) is 62.7 cm³/mol. The smallest absolute Gasteiger partial charge is 0.275 e. The van der Waals surface area contributed by atoms with Gasteiger partial charge in [0.25, 0.3) is 5.91 Å². The maximum absolute atomic E-state index is 11.8. The van der Waals surface area contributed by atoms with Crippen molar-refractivity contribution in [1.29, 1.82) is 0 Å². The molecule has 0 atom stereocenters. The molecule has 2 rings (SSSR count). The Morgan fingerprint density at radius 1 is 1.50 bits per heavy atom. The van der Waals surface area contributed by atoms with Crippen LogP contribution in [0.25, 0.3) is 0 Å². The summed E-state index contributed by atoms with van der Waals surface area (Å²) in [5.41, 5.74) is 1.96. The molecule has 0 aliphatic heterocycles. The fraction of sp³-hybridized carbons (Fsp3) is 0.300. The molecule has 0 aliphatic rings. The van der Waals surface area contributed by atoms with E-state index < -0.39 is 0 Å². The molecule has 0 aromatic carbocycles. The number of nitrogens with one attached hydrogen (secondary N) is 1. The highest BCUT2D eigenvalue weighted by molar-refractivity contribution is 7.05. The van der Waals surface area contributed by atoms with Crippen molar-refractivity contribution in [3.05, 3.63) is 28.5 Å². The van der Waals surface area contributed by atoms with E-state index in [0.717, 1.165) is 16.3 Å². The third-order valence-electron chi connectivity index (χ3n) is 2.12. The molecule has 2 heterocycles. The summed E-state index contributed by atoms with van der Waals surface area (Å²) in [6.45, 7) is 3.77. The molecular weight excluding hydrogens is 224 g/mol. The predicted octanol–water partition coefficient (Wildman–Crippen LogP) is 1.75. The maximum Gasteiger partial charge on any atom is 0.275 e. The number of carbonyl (C=O) groups is 1. The SMILES string of the molecule is Cc1cc(C(=O)Nc2cn(C)nc2C)ns1. The number of amides is 1. The average Bonchev–Trinajstić information content (AvgIpc) is 2.74. The first-order valence-corrected chi connectivity index (χ1v) is 5.58. The molecule has 0 saturated heterocycles. The molecule has 0 radical (unpaired) electrons. The van der Waals surface area contributed by atoms with Crippen LogP contribution in [0.5, 0.6) is 0 Å². The van der Waals surface area contributed by atoms with Crippen LogP contribution in [-0.4, -0.2) is 20.1 Å². The highest BCUT2D eigenvalue weighted by Crippen LogP contribution is 2.14. The first-order valence-electron chi connectivity index (χ1n) is 4.81. The van der Waals surface area contributed by atoms with Gasteiger partial charge in [-0.1, -0.05) is 0 Å². The minimum Gasteiger partial charge on any atom is -0.318 e. The summed E-state index contributed by atoms with van der Waals surface area (Å²) in [6, 6.07) is 1.77. The maximum atomic E-state index is 11.8. The van der Waals surface area contributed by atoms with Crippen molar-refractivity contribution >= 4 is 23.1 Å². The fourth-order valence-corrected chi connectivity index (χ4v) is 1.92. The van der Waals surface area contributed by atoms with E-state index in [2.05, 4.69) is 14.8 Å². The van der Waals surface area contributed by atoms with Gasteiger partial charge in [-0.3, -0.25) is 9.48 Å². The van der Waals surface area contributed by atoms with Gasteiger partial charge in [0.1, 0.15) is 5.69 Å². The molecule has 0 aliphatic carbocycles. The molecule has 1 amide bonds. The summed E-state index contributed by atoms with van der Waals surface area (Å²) in [4.78, 5) is 12.8. The number of aromatic nitrogens is 3. The fourth-order valence-electron chi connectivity index (χ4n) is 1.38. The molecule has 2 aromatic rings. The second kappa shape index (κ2) is 4.05. The van der Waals surface area contributed by atoms with Gasteiger partial charge in [0, 0.05) is 18.1 Å². The number of aryl methyl sites for hydroxylation is 3. The Morgan fingerprint density at radius 3 is 2.75 bits per heavy atom. The van der Waals surface area contributed by atoms with E-state index >= 15 is 0 Å².